The first-order valence-corrected chi connectivity index (χ1v) is 12.8. The molecule has 0 aliphatic carbocycles. The van der Waals surface area contributed by atoms with Gasteiger partial charge in [-0.2, -0.15) is 13.2 Å². The fourth-order valence-corrected chi connectivity index (χ4v) is 4.63. The number of fused-ring (bicyclic) bond motifs is 1. The quantitative estimate of drug-likeness (QED) is 0.458. The number of aryl methyl sites for hydroxylation is 1. The minimum atomic E-state index is -4.65. The molecule has 0 aromatic heterocycles. The van der Waals surface area contributed by atoms with E-state index in [-0.39, 0.29) is 29.3 Å². The van der Waals surface area contributed by atoms with Gasteiger partial charge in [0.25, 0.3) is 5.91 Å². The summed E-state index contributed by atoms with van der Waals surface area (Å²) in [6.45, 7) is 3.32. The van der Waals surface area contributed by atoms with E-state index in [1.807, 2.05) is 43.3 Å². The molecule has 184 valence electrons. The molecule has 3 aromatic carbocycles. The van der Waals surface area contributed by atoms with Crippen molar-refractivity contribution in [2.75, 3.05) is 6.26 Å². The van der Waals surface area contributed by atoms with Gasteiger partial charge in [-0.25, -0.2) is 8.42 Å². The molecule has 0 fully saturated rings. The van der Waals surface area contributed by atoms with Crippen LogP contribution in [0, 0.1) is 6.92 Å². The molecule has 4 rings (SSSR count). The Balaban J connectivity index is 1.65. The van der Waals surface area contributed by atoms with Crippen molar-refractivity contribution in [3.05, 3.63) is 82.9 Å². The smallest absolute Gasteiger partial charge is 0.425 e. The maximum atomic E-state index is 13.4. The third kappa shape index (κ3) is 5.35. The highest BCUT2D eigenvalue weighted by Crippen LogP contribution is 2.33. The Bertz CT molecular complexity index is 1400. The summed E-state index contributed by atoms with van der Waals surface area (Å²) in [7, 11) is -3.70. The molecule has 5 nitrogen and oxygen atoms in total. The lowest BCUT2D eigenvalue weighted by molar-refractivity contribution is -0.189. The van der Waals surface area contributed by atoms with Crippen LogP contribution in [0.15, 0.2) is 65.6 Å². The SMILES string of the molecule is Cc1cccc(-c2ccc3c(c2)CN(C(=O)c2cc(S(C)(=O)=O)ccc2O[C@@H](C)C(F)(F)F)C3)c1. The first-order chi connectivity index (χ1) is 16.3. The van der Waals surface area contributed by atoms with E-state index in [1.165, 1.54) is 4.90 Å². The van der Waals surface area contributed by atoms with Crippen LogP contribution in [0.4, 0.5) is 13.2 Å². The molecular formula is C26H24F3NO4S. The van der Waals surface area contributed by atoms with Crippen molar-refractivity contribution < 1.29 is 31.1 Å². The van der Waals surface area contributed by atoms with Crippen molar-refractivity contribution in [1.82, 2.24) is 4.90 Å². The summed E-state index contributed by atoms with van der Waals surface area (Å²) < 4.78 is 68.5. The molecule has 0 saturated heterocycles. The van der Waals surface area contributed by atoms with Crippen LogP contribution in [-0.4, -0.2) is 37.8 Å². The van der Waals surface area contributed by atoms with Crippen LogP contribution in [-0.2, 0) is 22.9 Å². The van der Waals surface area contributed by atoms with Crippen LogP contribution in [0.3, 0.4) is 0 Å². The first kappa shape index (κ1) is 24.8. The number of benzene rings is 3. The third-order valence-corrected chi connectivity index (χ3v) is 7.05. The number of alkyl halides is 3. The largest absolute Gasteiger partial charge is 0.480 e. The molecule has 9 heteroatoms. The van der Waals surface area contributed by atoms with Crippen molar-refractivity contribution in [3.8, 4) is 16.9 Å². The van der Waals surface area contributed by atoms with Gasteiger partial charge in [0, 0.05) is 19.3 Å². The third-order valence-electron chi connectivity index (χ3n) is 5.94. The number of amides is 1. The molecule has 0 radical (unpaired) electrons. The maximum absolute atomic E-state index is 13.4. The van der Waals surface area contributed by atoms with Gasteiger partial charge in [0.2, 0.25) is 0 Å². The lowest BCUT2D eigenvalue weighted by Crippen LogP contribution is -2.32. The van der Waals surface area contributed by atoms with Gasteiger partial charge in [-0.15, -0.1) is 0 Å². The number of carbonyl (C=O) groups excluding carboxylic acids is 1. The molecule has 0 N–H and O–H groups in total. The summed E-state index contributed by atoms with van der Waals surface area (Å²) >= 11 is 0. The fourth-order valence-electron chi connectivity index (χ4n) is 3.98. The molecule has 1 amide bonds. The number of rotatable bonds is 5. The summed E-state index contributed by atoms with van der Waals surface area (Å²) in [6.07, 6.45) is -5.86. The van der Waals surface area contributed by atoms with Gasteiger partial charge in [0.05, 0.1) is 10.5 Å². The highest BCUT2D eigenvalue weighted by Gasteiger charge is 2.39. The summed E-state index contributed by atoms with van der Waals surface area (Å²) in [6, 6.07) is 17.2. The van der Waals surface area contributed by atoms with Crippen molar-refractivity contribution >= 4 is 15.7 Å². The molecular weight excluding hydrogens is 479 g/mol. The summed E-state index contributed by atoms with van der Waals surface area (Å²) in [4.78, 5) is 14.7. The molecule has 3 aromatic rings. The van der Waals surface area contributed by atoms with Gasteiger partial charge in [-0.1, -0.05) is 42.0 Å². The minimum absolute atomic E-state index is 0.175. The van der Waals surface area contributed by atoms with E-state index in [1.54, 1.807) is 0 Å². The van der Waals surface area contributed by atoms with Crippen molar-refractivity contribution in [2.24, 2.45) is 0 Å². The van der Waals surface area contributed by atoms with Crippen molar-refractivity contribution in [3.63, 3.8) is 0 Å². The Morgan fingerprint density at radius 2 is 1.66 bits per heavy atom. The highest BCUT2D eigenvalue weighted by molar-refractivity contribution is 7.90. The zero-order chi connectivity index (χ0) is 25.5. The Morgan fingerprint density at radius 3 is 2.31 bits per heavy atom. The van der Waals surface area contributed by atoms with Crippen LogP contribution in [0.1, 0.15) is 34.0 Å². The number of halogens is 3. The summed E-state index contributed by atoms with van der Waals surface area (Å²) in [5.41, 5.74) is 4.75. The van der Waals surface area contributed by atoms with E-state index in [0.717, 1.165) is 59.2 Å². The van der Waals surface area contributed by atoms with Crippen LogP contribution < -0.4 is 4.74 Å². The molecule has 1 aliphatic heterocycles. The Morgan fingerprint density at radius 1 is 0.971 bits per heavy atom. The Hall–Kier alpha value is -3.33. The van der Waals surface area contributed by atoms with Gasteiger partial charge in [-0.05, 0) is 60.4 Å². The zero-order valence-electron chi connectivity index (χ0n) is 19.4. The number of hydrogen-bond donors (Lipinski definition) is 0. The predicted octanol–water partition coefficient (Wildman–Crippen LogP) is 5.55. The van der Waals surface area contributed by atoms with E-state index < -0.39 is 28.0 Å². The topological polar surface area (TPSA) is 63.7 Å². The van der Waals surface area contributed by atoms with E-state index in [2.05, 4.69) is 6.07 Å². The fraction of sp³-hybridized carbons (Fsp3) is 0.269. The van der Waals surface area contributed by atoms with E-state index in [0.29, 0.717) is 0 Å². The maximum Gasteiger partial charge on any atom is 0.425 e. The monoisotopic (exact) mass is 503 g/mol. The molecule has 0 spiro atoms. The average Bonchev–Trinajstić information content (AvgIpc) is 3.21. The lowest BCUT2D eigenvalue weighted by atomic mass is 9.99. The Labute approximate surface area is 202 Å². The molecule has 0 bridgehead atoms. The molecule has 0 unspecified atom stereocenters. The zero-order valence-corrected chi connectivity index (χ0v) is 20.2. The van der Waals surface area contributed by atoms with Crippen LogP contribution in [0.5, 0.6) is 5.75 Å². The van der Waals surface area contributed by atoms with Gasteiger partial charge in [0.15, 0.2) is 15.9 Å². The highest BCUT2D eigenvalue weighted by atomic mass is 32.2. The van der Waals surface area contributed by atoms with Gasteiger partial charge in [0.1, 0.15) is 5.75 Å². The second-order valence-corrected chi connectivity index (χ2v) is 10.8. The van der Waals surface area contributed by atoms with Gasteiger partial charge in [-0.3, -0.25) is 4.79 Å². The van der Waals surface area contributed by atoms with Crippen LogP contribution in [0.2, 0.25) is 0 Å². The normalized spacial score (nSPS) is 14.5. The summed E-state index contributed by atoms with van der Waals surface area (Å²) in [5, 5.41) is 0. The van der Waals surface area contributed by atoms with Gasteiger partial charge < -0.3 is 9.64 Å². The number of nitrogens with zero attached hydrogens (tertiary/aromatic N) is 1. The number of carbonyl (C=O) groups is 1. The predicted molar refractivity (Wildman–Crippen MR) is 126 cm³/mol. The lowest BCUT2D eigenvalue weighted by Gasteiger charge is -2.22. The van der Waals surface area contributed by atoms with E-state index in [9.17, 15) is 26.4 Å². The molecule has 0 saturated carbocycles. The van der Waals surface area contributed by atoms with Crippen LogP contribution >= 0.6 is 0 Å². The molecule has 1 heterocycles. The molecule has 1 aliphatic rings. The van der Waals surface area contributed by atoms with E-state index in [4.69, 9.17) is 4.74 Å². The molecule has 1 atom stereocenters. The standard InChI is InChI=1S/C26H24F3NO4S/c1-16-5-4-6-18(11-16)19-7-8-20-14-30(15-21(20)12-19)25(31)23-13-22(35(3,32)33)9-10-24(23)34-17(2)26(27,28)29/h4-13,17H,14-15H2,1-3H3/t17-/m0/s1. The second kappa shape index (κ2) is 9.03. The Kier molecular flexibility index (Phi) is 6.40. The number of sulfone groups is 1. The minimum Gasteiger partial charge on any atom is -0.480 e. The van der Waals surface area contributed by atoms with E-state index >= 15 is 0 Å². The average molecular weight is 504 g/mol. The molecule has 35 heavy (non-hydrogen) atoms. The summed E-state index contributed by atoms with van der Waals surface area (Å²) in [5.74, 6) is -0.920. The van der Waals surface area contributed by atoms with Crippen molar-refractivity contribution in [2.45, 2.75) is 44.1 Å². The second-order valence-electron chi connectivity index (χ2n) is 8.75. The van der Waals surface area contributed by atoms with Gasteiger partial charge >= 0.3 is 6.18 Å². The first-order valence-electron chi connectivity index (χ1n) is 10.9. The van der Waals surface area contributed by atoms with Crippen LogP contribution in [0.25, 0.3) is 11.1 Å². The number of ether oxygens (including phenoxy) is 1. The van der Waals surface area contributed by atoms with Crippen molar-refractivity contribution in [1.29, 1.82) is 0 Å². The number of hydrogen-bond acceptors (Lipinski definition) is 4.